The summed E-state index contributed by atoms with van der Waals surface area (Å²) in [7, 11) is 0. The highest BCUT2D eigenvalue weighted by Crippen LogP contribution is 2.18. The first-order chi connectivity index (χ1) is 6.15. The number of nitrogens with two attached hydrogens (primary N) is 1. The standard InChI is InChI=1S/C11H16FN/c1-3-8(2)7-9-5-4-6-10(13)11(9)12/h4-6,8H,3,7,13H2,1-2H3. The number of halogens is 1. The SMILES string of the molecule is CCC(C)Cc1cccc(N)c1F. The molecule has 0 heterocycles. The van der Waals surface area contributed by atoms with Crippen LogP contribution in [0.3, 0.4) is 0 Å². The summed E-state index contributed by atoms with van der Waals surface area (Å²) in [4.78, 5) is 0. The third kappa shape index (κ3) is 2.44. The van der Waals surface area contributed by atoms with E-state index in [1.54, 1.807) is 18.2 Å². The van der Waals surface area contributed by atoms with Crippen LogP contribution in [-0.2, 0) is 6.42 Å². The lowest BCUT2D eigenvalue weighted by molar-refractivity contribution is 0.533. The van der Waals surface area contributed by atoms with E-state index in [1.807, 2.05) is 0 Å². The molecule has 13 heavy (non-hydrogen) atoms. The first kappa shape index (κ1) is 10.0. The van der Waals surface area contributed by atoms with Gasteiger partial charge in [0.05, 0.1) is 5.69 Å². The Morgan fingerprint density at radius 2 is 2.15 bits per heavy atom. The van der Waals surface area contributed by atoms with Crippen LogP contribution in [0.1, 0.15) is 25.8 Å². The molecule has 1 nitrogen and oxygen atoms in total. The molecule has 0 aliphatic heterocycles. The van der Waals surface area contributed by atoms with Gasteiger partial charge < -0.3 is 5.73 Å². The van der Waals surface area contributed by atoms with Gasteiger partial charge in [-0.25, -0.2) is 4.39 Å². The first-order valence-corrected chi connectivity index (χ1v) is 4.68. The zero-order valence-corrected chi connectivity index (χ0v) is 8.18. The molecule has 1 aromatic carbocycles. The smallest absolute Gasteiger partial charge is 0.149 e. The summed E-state index contributed by atoms with van der Waals surface area (Å²) in [5.41, 5.74) is 6.44. The molecule has 1 aromatic rings. The minimum atomic E-state index is -0.247. The highest BCUT2D eigenvalue weighted by molar-refractivity contribution is 5.42. The summed E-state index contributed by atoms with van der Waals surface area (Å²) in [6.45, 7) is 4.22. The van der Waals surface area contributed by atoms with Crippen molar-refractivity contribution in [3.05, 3.63) is 29.6 Å². The molecule has 2 heteroatoms. The van der Waals surface area contributed by atoms with Gasteiger partial charge in [0.2, 0.25) is 0 Å². The topological polar surface area (TPSA) is 26.0 Å². The Bertz CT molecular complexity index is 283. The quantitative estimate of drug-likeness (QED) is 0.713. The molecule has 0 bridgehead atoms. The van der Waals surface area contributed by atoms with Gasteiger partial charge in [0.15, 0.2) is 0 Å². The maximum absolute atomic E-state index is 13.4. The van der Waals surface area contributed by atoms with Crippen LogP contribution < -0.4 is 5.73 Å². The summed E-state index contributed by atoms with van der Waals surface area (Å²) in [5.74, 6) is 0.263. The van der Waals surface area contributed by atoms with Gasteiger partial charge in [-0.05, 0) is 24.0 Å². The Hall–Kier alpha value is -1.05. The molecule has 0 amide bonds. The van der Waals surface area contributed by atoms with Gasteiger partial charge in [-0.1, -0.05) is 32.4 Å². The Labute approximate surface area is 78.8 Å². The van der Waals surface area contributed by atoms with Crippen LogP contribution in [0.15, 0.2) is 18.2 Å². The van der Waals surface area contributed by atoms with Gasteiger partial charge in [0.1, 0.15) is 5.82 Å². The lowest BCUT2D eigenvalue weighted by Gasteiger charge is -2.09. The summed E-state index contributed by atoms with van der Waals surface area (Å²) in [5, 5.41) is 0. The molecule has 2 N–H and O–H groups in total. The van der Waals surface area contributed by atoms with Crippen LogP contribution >= 0.6 is 0 Å². The molecule has 0 aliphatic carbocycles. The van der Waals surface area contributed by atoms with Crippen LogP contribution in [0.25, 0.3) is 0 Å². The third-order valence-electron chi connectivity index (χ3n) is 2.37. The van der Waals surface area contributed by atoms with Crippen molar-refractivity contribution in [3.63, 3.8) is 0 Å². The van der Waals surface area contributed by atoms with Crippen LogP contribution in [-0.4, -0.2) is 0 Å². The monoisotopic (exact) mass is 181 g/mol. The second kappa shape index (κ2) is 4.26. The second-order valence-corrected chi connectivity index (χ2v) is 3.54. The number of hydrogen-bond donors (Lipinski definition) is 1. The Morgan fingerprint density at radius 3 is 2.77 bits per heavy atom. The number of hydrogen-bond acceptors (Lipinski definition) is 1. The number of benzene rings is 1. The van der Waals surface area contributed by atoms with E-state index in [0.29, 0.717) is 5.92 Å². The van der Waals surface area contributed by atoms with Gasteiger partial charge in [-0.3, -0.25) is 0 Å². The van der Waals surface area contributed by atoms with Crippen molar-refractivity contribution >= 4 is 5.69 Å². The van der Waals surface area contributed by atoms with Crippen molar-refractivity contribution in [3.8, 4) is 0 Å². The van der Waals surface area contributed by atoms with Crippen molar-refractivity contribution in [1.82, 2.24) is 0 Å². The molecule has 0 radical (unpaired) electrons. The van der Waals surface area contributed by atoms with Gasteiger partial charge >= 0.3 is 0 Å². The highest BCUT2D eigenvalue weighted by atomic mass is 19.1. The van der Waals surface area contributed by atoms with E-state index in [1.165, 1.54) is 0 Å². The Morgan fingerprint density at radius 1 is 1.46 bits per heavy atom. The predicted octanol–water partition coefficient (Wildman–Crippen LogP) is 3.00. The van der Waals surface area contributed by atoms with Gasteiger partial charge in [0.25, 0.3) is 0 Å². The minimum Gasteiger partial charge on any atom is -0.396 e. The van der Waals surface area contributed by atoms with Crippen LogP contribution in [0.4, 0.5) is 10.1 Å². The van der Waals surface area contributed by atoms with Gasteiger partial charge in [0, 0.05) is 0 Å². The average Bonchev–Trinajstić information content (AvgIpc) is 2.13. The van der Waals surface area contributed by atoms with Crippen LogP contribution in [0, 0.1) is 11.7 Å². The molecule has 0 saturated heterocycles. The maximum Gasteiger partial charge on any atom is 0.149 e. The fourth-order valence-electron chi connectivity index (χ4n) is 1.28. The molecule has 1 atom stereocenters. The lowest BCUT2D eigenvalue weighted by atomic mass is 9.98. The van der Waals surface area contributed by atoms with Crippen molar-refractivity contribution in [2.75, 3.05) is 5.73 Å². The molecular formula is C11H16FN. The normalized spacial score (nSPS) is 12.8. The summed E-state index contributed by atoms with van der Waals surface area (Å²) < 4.78 is 13.4. The molecule has 0 fully saturated rings. The fourth-order valence-corrected chi connectivity index (χ4v) is 1.28. The molecule has 72 valence electrons. The number of nitrogen functional groups attached to an aromatic ring is 1. The summed E-state index contributed by atoms with van der Waals surface area (Å²) >= 11 is 0. The van der Waals surface area contributed by atoms with Crippen molar-refractivity contribution in [2.45, 2.75) is 26.7 Å². The zero-order valence-electron chi connectivity index (χ0n) is 8.18. The van der Waals surface area contributed by atoms with Gasteiger partial charge in [-0.15, -0.1) is 0 Å². The average molecular weight is 181 g/mol. The molecule has 0 saturated carbocycles. The minimum absolute atomic E-state index is 0.247. The molecule has 0 aliphatic rings. The molecule has 0 aromatic heterocycles. The molecule has 1 rings (SSSR count). The second-order valence-electron chi connectivity index (χ2n) is 3.54. The zero-order chi connectivity index (χ0) is 9.84. The Balaban J connectivity index is 2.83. The van der Waals surface area contributed by atoms with Crippen molar-refractivity contribution in [1.29, 1.82) is 0 Å². The van der Waals surface area contributed by atoms with E-state index in [9.17, 15) is 4.39 Å². The summed E-state index contributed by atoms with van der Waals surface area (Å²) in [6, 6.07) is 5.20. The predicted molar refractivity (Wildman–Crippen MR) is 54.0 cm³/mol. The Kier molecular flexibility index (Phi) is 3.29. The van der Waals surface area contributed by atoms with Crippen molar-refractivity contribution in [2.24, 2.45) is 5.92 Å². The van der Waals surface area contributed by atoms with E-state index in [-0.39, 0.29) is 11.5 Å². The third-order valence-corrected chi connectivity index (χ3v) is 2.37. The lowest BCUT2D eigenvalue weighted by Crippen LogP contribution is -2.02. The highest BCUT2D eigenvalue weighted by Gasteiger charge is 2.07. The molecule has 0 spiro atoms. The van der Waals surface area contributed by atoms with E-state index in [2.05, 4.69) is 13.8 Å². The fraction of sp³-hybridized carbons (Fsp3) is 0.455. The van der Waals surface area contributed by atoms with E-state index in [4.69, 9.17) is 5.73 Å². The van der Waals surface area contributed by atoms with E-state index >= 15 is 0 Å². The molecule has 1 unspecified atom stereocenters. The van der Waals surface area contributed by atoms with Crippen LogP contribution in [0.5, 0.6) is 0 Å². The number of anilines is 1. The van der Waals surface area contributed by atoms with Crippen LogP contribution in [0.2, 0.25) is 0 Å². The molecular weight excluding hydrogens is 165 g/mol. The largest absolute Gasteiger partial charge is 0.396 e. The van der Waals surface area contributed by atoms with E-state index in [0.717, 1.165) is 18.4 Å². The maximum atomic E-state index is 13.4. The summed E-state index contributed by atoms with van der Waals surface area (Å²) in [6.07, 6.45) is 1.83. The van der Waals surface area contributed by atoms with Gasteiger partial charge in [-0.2, -0.15) is 0 Å². The number of rotatable bonds is 3. The van der Waals surface area contributed by atoms with E-state index < -0.39 is 0 Å². The first-order valence-electron chi connectivity index (χ1n) is 4.68. The van der Waals surface area contributed by atoms with Crippen molar-refractivity contribution < 1.29 is 4.39 Å².